The highest BCUT2D eigenvalue weighted by atomic mass is 15.3. The van der Waals surface area contributed by atoms with Crippen molar-refractivity contribution >= 4 is 5.96 Å². The monoisotopic (exact) mass is 239 g/mol. The van der Waals surface area contributed by atoms with E-state index in [1.807, 2.05) is 0 Å². The Labute approximate surface area is 104 Å². The zero-order valence-corrected chi connectivity index (χ0v) is 10.9. The number of hydrogen-bond donors (Lipinski definition) is 3. The van der Waals surface area contributed by atoms with Gasteiger partial charge in [0.05, 0.1) is 0 Å². The van der Waals surface area contributed by atoms with Crippen LogP contribution >= 0.6 is 0 Å². The zero-order valence-electron chi connectivity index (χ0n) is 10.9. The molecule has 5 heteroatoms. The second-order valence-electron chi connectivity index (χ2n) is 5.62. The first kappa shape index (κ1) is 12.6. The highest BCUT2D eigenvalue weighted by molar-refractivity contribution is 5.79. The average molecular weight is 239 g/mol. The Balaban J connectivity index is 1.88. The van der Waals surface area contributed by atoms with Gasteiger partial charge < -0.3 is 10.2 Å². The largest absolute Gasteiger partial charge is 0.351 e. The van der Waals surface area contributed by atoms with Gasteiger partial charge in [-0.25, -0.2) is 5.84 Å². The third-order valence-electron chi connectivity index (χ3n) is 3.73. The Bertz CT molecular complexity index is 268. The third-order valence-corrected chi connectivity index (χ3v) is 3.73. The second-order valence-corrected chi connectivity index (χ2v) is 5.62. The van der Waals surface area contributed by atoms with Crippen LogP contribution in [0.15, 0.2) is 4.99 Å². The van der Waals surface area contributed by atoms with Crippen molar-refractivity contribution in [2.24, 2.45) is 22.7 Å². The molecule has 17 heavy (non-hydrogen) atoms. The fraction of sp³-hybridized carbons (Fsp3) is 0.917. The minimum absolute atomic E-state index is 0.513. The molecule has 0 spiro atoms. The summed E-state index contributed by atoms with van der Waals surface area (Å²) in [4.78, 5) is 6.99. The van der Waals surface area contributed by atoms with Crippen molar-refractivity contribution in [2.75, 3.05) is 26.2 Å². The van der Waals surface area contributed by atoms with E-state index < -0.39 is 0 Å². The molecule has 0 aromatic rings. The van der Waals surface area contributed by atoms with Gasteiger partial charge in [-0.15, -0.1) is 0 Å². The number of hydrogen-bond acceptors (Lipinski definition) is 3. The first-order chi connectivity index (χ1) is 8.19. The van der Waals surface area contributed by atoms with Crippen molar-refractivity contribution in [3.8, 4) is 0 Å². The van der Waals surface area contributed by atoms with E-state index in [1.165, 1.54) is 25.9 Å². The van der Waals surface area contributed by atoms with Crippen LogP contribution in [0.3, 0.4) is 0 Å². The molecule has 0 amide bonds. The van der Waals surface area contributed by atoms with Gasteiger partial charge in [0.2, 0.25) is 5.96 Å². The molecule has 0 aliphatic carbocycles. The van der Waals surface area contributed by atoms with Crippen LogP contribution in [0.1, 0.15) is 26.7 Å². The Hall–Kier alpha value is -0.810. The second kappa shape index (κ2) is 5.69. The molecule has 1 atom stereocenters. The van der Waals surface area contributed by atoms with Crippen LogP contribution in [0, 0.1) is 11.8 Å². The topological polar surface area (TPSA) is 65.7 Å². The molecule has 3 heterocycles. The summed E-state index contributed by atoms with van der Waals surface area (Å²) in [7, 11) is 0. The molecule has 0 saturated carbocycles. The molecule has 2 bridgehead atoms. The quantitative estimate of drug-likeness (QED) is 0.284. The lowest BCUT2D eigenvalue weighted by atomic mass is 9.84. The maximum absolute atomic E-state index is 5.52. The first-order valence-corrected chi connectivity index (χ1v) is 6.69. The fourth-order valence-electron chi connectivity index (χ4n) is 2.71. The van der Waals surface area contributed by atoms with Crippen molar-refractivity contribution in [1.29, 1.82) is 0 Å². The van der Waals surface area contributed by atoms with Crippen molar-refractivity contribution in [1.82, 2.24) is 15.6 Å². The lowest BCUT2D eigenvalue weighted by molar-refractivity contribution is 0.0808. The smallest absolute Gasteiger partial charge is 0.206 e. The van der Waals surface area contributed by atoms with Crippen molar-refractivity contribution < 1.29 is 0 Å². The Morgan fingerprint density at radius 3 is 2.59 bits per heavy atom. The molecule has 3 aliphatic rings. The molecule has 3 fully saturated rings. The molecule has 3 saturated heterocycles. The molecule has 98 valence electrons. The van der Waals surface area contributed by atoms with Gasteiger partial charge in [0.15, 0.2) is 0 Å². The van der Waals surface area contributed by atoms with Crippen LogP contribution in [-0.2, 0) is 0 Å². The fourth-order valence-corrected chi connectivity index (χ4v) is 2.71. The number of piperidine rings is 3. The zero-order chi connectivity index (χ0) is 12.3. The van der Waals surface area contributed by atoms with Crippen LogP contribution < -0.4 is 16.6 Å². The predicted octanol–water partition coefficient (Wildman–Crippen LogP) is 0.146. The summed E-state index contributed by atoms with van der Waals surface area (Å²) in [6.07, 6.45) is 2.61. The number of aliphatic imine (C=N–C) groups is 1. The van der Waals surface area contributed by atoms with E-state index in [1.54, 1.807) is 0 Å². The van der Waals surface area contributed by atoms with Gasteiger partial charge in [0.1, 0.15) is 0 Å². The number of rotatable bonds is 3. The van der Waals surface area contributed by atoms with Gasteiger partial charge in [-0.1, -0.05) is 13.8 Å². The van der Waals surface area contributed by atoms with Crippen LogP contribution in [0.4, 0.5) is 0 Å². The van der Waals surface area contributed by atoms with E-state index in [9.17, 15) is 0 Å². The molecule has 3 aliphatic heterocycles. The minimum atomic E-state index is 0.513. The molecular weight excluding hydrogens is 214 g/mol. The molecular formula is C12H25N5. The van der Waals surface area contributed by atoms with E-state index >= 15 is 0 Å². The molecule has 0 aromatic carbocycles. The Morgan fingerprint density at radius 2 is 2.12 bits per heavy atom. The maximum Gasteiger partial charge on any atom is 0.206 e. The first-order valence-electron chi connectivity index (χ1n) is 6.69. The number of hydrazine groups is 1. The molecule has 0 radical (unpaired) electrons. The highest BCUT2D eigenvalue weighted by Gasteiger charge is 2.34. The molecule has 0 aromatic heterocycles. The van der Waals surface area contributed by atoms with E-state index in [4.69, 9.17) is 5.84 Å². The van der Waals surface area contributed by atoms with E-state index in [0.717, 1.165) is 25.0 Å². The number of fused-ring (bicyclic) bond motifs is 3. The number of guanidine groups is 1. The van der Waals surface area contributed by atoms with Crippen LogP contribution in [0.5, 0.6) is 0 Å². The molecule has 5 nitrogen and oxygen atoms in total. The Kier molecular flexibility index (Phi) is 4.23. The summed E-state index contributed by atoms with van der Waals surface area (Å²) >= 11 is 0. The number of nitrogens with two attached hydrogens (primary N) is 1. The van der Waals surface area contributed by atoms with Gasteiger partial charge in [-0.3, -0.25) is 10.4 Å². The van der Waals surface area contributed by atoms with E-state index in [0.29, 0.717) is 12.0 Å². The van der Waals surface area contributed by atoms with Gasteiger partial charge in [0.25, 0.3) is 0 Å². The van der Waals surface area contributed by atoms with Gasteiger partial charge in [0, 0.05) is 19.1 Å². The van der Waals surface area contributed by atoms with Crippen LogP contribution in [0.2, 0.25) is 0 Å². The summed E-state index contributed by atoms with van der Waals surface area (Å²) in [5, 5.41) is 3.46. The molecule has 4 N–H and O–H groups in total. The van der Waals surface area contributed by atoms with Gasteiger partial charge >= 0.3 is 0 Å². The van der Waals surface area contributed by atoms with Crippen molar-refractivity contribution in [2.45, 2.75) is 32.7 Å². The minimum Gasteiger partial charge on any atom is -0.351 e. The summed E-state index contributed by atoms with van der Waals surface area (Å²) in [5.41, 5.74) is 2.68. The summed E-state index contributed by atoms with van der Waals surface area (Å²) in [6.45, 7) is 8.78. The molecule has 1 unspecified atom stereocenters. The molecule has 3 rings (SSSR count). The summed E-state index contributed by atoms with van der Waals surface area (Å²) in [5.74, 6) is 7.62. The van der Waals surface area contributed by atoms with Crippen molar-refractivity contribution in [3.63, 3.8) is 0 Å². The standard InChI is InChI=1S/C12H25N5/c1-9(2)7-14-12(16-13)15-11-8-17-5-3-10(11)4-6-17/h9-11H,3-8,13H2,1-2H3,(H2,14,15,16). The van der Waals surface area contributed by atoms with Gasteiger partial charge in [-0.05, 0) is 37.8 Å². The third kappa shape index (κ3) is 3.33. The SMILES string of the molecule is CC(C)CN=C(NN)NC1CN2CCC1CC2. The lowest BCUT2D eigenvalue weighted by Gasteiger charge is -2.45. The number of nitrogens with one attached hydrogen (secondary N) is 2. The van der Waals surface area contributed by atoms with Gasteiger partial charge in [-0.2, -0.15) is 0 Å². The summed E-state index contributed by atoms with van der Waals surface area (Å²) in [6, 6.07) is 0.513. The summed E-state index contributed by atoms with van der Waals surface area (Å²) < 4.78 is 0. The highest BCUT2D eigenvalue weighted by Crippen LogP contribution is 2.27. The number of nitrogens with zero attached hydrogens (tertiary/aromatic N) is 2. The lowest BCUT2D eigenvalue weighted by Crippen LogP contribution is -2.59. The predicted molar refractivity (Wildman–Crippen MR) is 70.6 cm³/mol. The van der Waals surface area contributed by atoms with Crippen molar-refractivity contribution in [3.05, 3.63) is 0 Å². The normalized spacial score (nSPS) is 32.9. The maximum atomic E-state index is 5.52. The van der Waals surface area contributed by atoms with Crippen LogP contribution in [0.25, 0.3) is 0 Å². The van der Waals surface area contributed by atoms with E-state index in [2.05, 4.69) is 34.5 Å². The van der Waals surface area contributed by atoms with Crippen LogP contribution in [-0.4, -0.2) is 43.1 Å². The Morgan fingerprint density at radius 1 is 1.41 bits per heavy atom. The van der Waals surface area contributed by atoms with E-state index in [-0.39, 0.29) is 0 Å². The average Bonchev–Trinajstić information content (AvgIpc) is 2.35.